The van der Waals surface area contributed by atoms with Gasteiger partial charge in [0.15, 0.2) is 0 Å². The molecule has 0 saturated carbocycles. The third kappa shape index (κ3) is 5.96. The van der Waals surface area contributed by atoms with E-state index in [0.717, 1.165) is 11.8 Å². The van der Waals surface area contributed by atoms with Gasteiger partial charge in [0.05, 0.1) is 11.3 Å². The zero-order chi connectivity index (χ0) is 12.0. The van der Waals surface area contributed by atoms with Crippen LogP contribution in [0.25, 0.3) is 0 Å². The zero-order valence-electron chi connectivity index (χ0n) is 8.73. The molecule has 2 N–H and O–H groups in total. The van der Waals surface area contributed by atoms with Gasteiger partial charge in [0.1, 0.15) is 11.6 Å². The summed E-state index contributed by atoms with van der Waals surface area (Å²) in [6, 6.07) is -0.688. The fourth-order valence-corrected chi connectivity index (χ4v) is 2.14. The number of carbonyl (C=O) groups excluding carboxylic acids is 3. The van der Waals surface area contributed by atoms with Gasteiger partial charge in [-0.2, -0.15) is 12.6 Å². The van der Waals surface area contributed by atoms with Crippen molar-refractivity contribution in [3.8, 4) is 0 Å². The Morgan fingerprint density at radius 2 is 1.87 bits per heavy atom. The number of Topliss-reactive ketones (excluding diaryl/α,β-unsaturated/α-hetero) is 2. The second-order valence-electron chi connectivity index (χ2n) is 3.23. The molecule has 0 fully saturated rings. The van der Waals surface area contributed by atoms with Gasteiger partial charge >= 0.3 is 0 Å². The largest absolute Gasteiger partial charge is 0.320 e. The molecular formula is C9H15NO3S2. The van der Waals surface area contributed by atoms with E-state index < -0.39 is 11.3 Å². The van der Waals surface area contributed by atoms with Crippen molar-refractivity contribution in [2.45, 2.75) is 31.6 Å². The van der Waals surface area contributed by atoms with Crippen LogP contribution < -0.4 is 5.73 Å². The molecule has 0 radical (unpaired) electrons. The number of thiol groups is 1. The van der Waals surface area contributed by atoms with Gasteiger partial charge in [-0.25, -0.2) is 0 Å². The van der Waals surface area contributed by atoms with Gasteiger partial charge in [-0.15, -0.1) is 0 Å². The van der Waals surface area contributed by atoms with E-state index >= 15 is 0 Å². The number of nitrogens with two attached hydrogens (primary N) is 1. The van der Waals surface area contributed by atoms with Crippen molar-refractivity contribution in [1.82, 2.24) is 0 Å². The van der Waals surface area contributed by atoms with Crippen molar-refractivity contribution in [3.05, 3.63) is 0 Å². The average Bonchev–Trinajstić information content (AvgIpc) is 2.14. The first-order valence-electron chi connectivity index (χ1n) is 4.45. The minimum Gasteiger partial charge on any atom is -0.320 e. The molecule has 1 unspecified atom stereocenters. The Morgan fingerprint density at radius 1 is 1.33 bits per heavy atom. The van der Waals surface area contributed by atoms with Crippen LogP contribution in [0.5, 0.6) is 0 Å². The standard InChI is InChI=1S/C9H15NO3S2/c1-5(11)3-8(6(2)12)15-9(13)7(10)4-14/h7-8,14H,3-4,10H2,1-2H3/t7-,8?/m0/s1. The fourth-order valence-electron chi connectivity index (χ4n) is 0.832. The number of thioether (sulfide) groups is 1. The van der Waals surface area contributed by atoms with Gasteiger partial charge in [-0.3, -0.25) is 14.4 Å². The maximum absolute atomic E-state index is 11.4. The fraction of sp³-hybridized carbons (Fsp3) is 0.667. The molecular weight excluding hydrogens is 234 g/mol. The summed E-state index contributed by atoms with van der Waals surface area (Å²) in [4.78, 5) is 33.4. The number of carbonyl (C=O) groups is 3. The maximum atomic E-state index is 11.4. The first-order valence-corrected chi connectivity index (χ1v) is 5.96. The van der Waals surface area contributed by atoms with Gasteiger partial charge < -0.3 is 5.73 Å². The van der Waals surface area contributed by atoms with Crippen molar-refractivity contribution in [2.75, 3.05) is 5.75 Å². The molecule has 0 amide bonds. The molecule has 0 aliphatic rings. The highest BCUT2D eigenvalue weighted by Crippen LogP contribution is 2.18. The Hall–Kier alpha value is -0.330. The van der Waals surface area contributed by atoms with Gasteiger partial charge in [0, 0.05) is 12.2 Å². The molecule has 15 heavy (non-hydrogen) atoms. The van der Waals surface area contributed by atoms with Crippen LogP contribution in [-0.4, -0.2) is 33.7 Å². The molecule has 6 heteroatoms. The smallest absolute Gasteiger partial charge is 0.207 e. The summed E-state index contributed by atoms with van der Waals surface area (Å²) in [6.45, 7) is 2.75. The predicted octanol–water partition coefficient (Wildman–Crippen LogP) is 0.440. The van der Waals surface area contributed by atoms with Crippen LogP contribution in [0.4, 0.5) is 0 Å². The molecule has 2 atom stereocenters. The SMILES string of the molecule is CC(=O)CC(SC(=O)[C@@H](N)CS)C(C)=O. The van der Waals surface area contributed by atoms with Crippen LogP contribution >= 0.6 is 24.4 Å². The molecule has 0 aromatic heterocycles. The van der Waals surface area contributed by atoms with Crippen molar-refractivity contribution in [1.29, 1.82) is 0 Å². The average molecular weight is 249 g/mol. The summed E-state index contributed by atoms with van der Waals surface area (Å²) in [7, 11) is 0. The Kier molecular flexibility index (Phi) is 6.87. The molecule has 4 nitrogen and oxygen atoms in total. The minimum absolute atomic E-state index is 0.0744. The Bertz CT molecular complexity index is 268. The third-order valence-corrected chi connectivity index (χ3v) is 3.40. The summed E-state index contributed by atoms with van der Waals surface area (Å²) in [5.74, 6) is -0.0684. The van der Waals surface area contributed by atoms with Crippen molar-refractivity contribution in [2.24, 2.45) is 5.73 Å². The summed E-state index contributed by atoms with van der Waals surface area (Å²) in [5.41, 5.74) is 5.45. The molecule has 0 aromatic carbocycles. The second-order valence-corrected chi connectivity index (χ2v) is 4.80. The number of rotatable bonds is 6. The lowest BCUT2D eigenvalue weighted by Crippen LogP contribution is -2.32. The highest BCUT2D eigenvalue weighted by atomic mass is 32.2. The molecule has 0 aliphatic carbocycles. The lowest BCUT2D eigenvalue weighted by atomic mass is 10.2. The Balaban J connectivity index is 4.35. The van der Waals surface area contributed by atoms with Crippen molar-refractivity contribution >= 4 is 41.1 Å². The normalized spacial score (nSPS) is 14.4. The monoisotopic (exact) mass is 249 g/mol. The van der Waals surface area contributed by atoms with E-state index in [4.69, 9.17) is 5.73 Å². The summed E-state index contributed by atoms with van der Waals surface area (Å²) >= 11 is 4.72. The lowest BCUT2D eigenvalue weighted by Gasteiger charge is -2.12. The summed E-state index contributed by atoms with van der Waals surface area (Å²) in [5, 5.41) is -0.910. The van der Waals surface area contributed by atoms with Crippen LogP contribution in [0.2, 0.25) is 0 Å². The van der Waals surface area contributed by atoms with Crippen LogP contribution in [0, 0.1) is 0 Å². The van der Waals surface area contributed by atoms with E-state index in [0.29, 0.717) is 0 Å². The highest BCUT2D eigenvalue weighted by molar-refractivity contribution is 8.14. The molecule has 0 aliphatic heterocycles. The highest BCUT2D eigenvalue weighted by Gasteiger charge is 2.23. The minimum atomic E-state index is -0.688. The molecule has 0 heterocycles. The molecule has 0 bridgehead atoms. The number of ketones is 2. The third-order valence-electron chi connectivity index (χ3n) is 1.68. The van der Waals surface area contributed by atoms with E-state index in [1.54, 1.807) is 0 Å². The van der Waals surface area contributed by atoms with E-state index in [-0.39, 0.29) is 28.9 Å². The molecule has 0 rings (SSSR count). The van der Waals surface area contributed by atoms with Crippen LogP contribution in [0.1, 0.15) is 20.3 Å². The van der Waals surface area contributed by atoms with Gasteiger partial charge in [0.2, 0.25) is 5.12 Å². The molecule has 0 spiro atoms. The van der Waals surface area contributed by atoms with E-state index in [9.17, 15) is 14.4 Å². The molecule has 0 saturated heterocycles. The van der Waals surface area contributed by atoms with Crippen LogP contribution in [-0.2, 0) is 14.4 Å². The lowest BCUT2D eigenvalue weighted by molar-refractivity contribution is -0.121. The van der Waals surface area contributed by atoms with Gasteiger partial charge in [0.25, 0.3) is 0 Å². The summed E-state index contributed by atoms with van der Waals surface area (Å²) < 4.78 is 0. The second kappa shape index (κ2) is 7.03. The maximum Gasteiger partial charge on any atom is 0.207 e. The predicted molar refractivity (Wildman–Crippen MR) is 64.2 cm³/mol. The van der Waals surface area contributed by atoms with Gasteiger partial charge in [-0.05, 0) is 13.8 Å². The first-order chi connectivity index (χ1) is 6.88. The van der Waals surface area contributed by atoms with Crippen molar-refractivity contribution in [3.63, 3.8) is 0 Å². The number of hydrogen-bond acceptors (Lipinski definition) is 6. The summed E-state index contributed by atoms with van der Waals surface area (Å²) in [6.07, 6.45) is 0.0744. The Morgan fingerprint density at radius 3 is 2.20 bits per heavy atom. The van der Waals surface area contributed by atoms with Gasteiger partial charge in [-0.1, -0.05) is 11.8 Å². The van der Waals surface area contributed by atoms with Crippen LogP contribution in [0.3, 0.4) is 0 Å². The van der Waals surface area contributed by atoms with E-state index in [1.807, 2.05) is 0 Å². The topological polar surface area (TPSA) is 77.2 Å². The molecule has 86 valence electrons. The van der Waals surface area contributed by atoms with Crippen LogP contribution in [0.15, 0.2) is 0 Å². The first kappa shape index (κ1) is 14.7. The zero-order valence-corrected chi connectivity index (χ0v) is 10.4. The Labute approximate surface area is 98.8 Å². The quantitative estimate of drug-likeness (QED) is 0.668. The van der Waals surface area contributed by atoms with Crippen molar-refractivity contribution < 1.29 is 14.4 Å². The van der Waals surface area contributed by atoms with E-state index in [2.05, 4.69) is 12.6 Å². The van der Waals surface area contributed by atoms with E-state index in [1.165, 1.54) is 13.8 Å². The number of hydrogen-bond donors (Lipinski definition) is 2. The molecule has 0 aromatic rings.